The number of amides is 1. The summed E-state index contributed by atoms with van der Waals surface area (Å²) in [6.07, 6.45) is 5.43. The number of hydrogen-bond acceptors (Lipinski definition) is 5. The molecule has 2 rings (SSSR count). The normalized spacial score (nSPS) is 17.3. The van der Waals surface area contributed by atoms with Gasteiger partial charge in [-0.1, -0.05) is 42.9 Å². The van der Waals surface area contributed by atoms with E-state index in [-0.39, 0.29) is 5.91 Å². The van der Waals surface area contributed by atoms with Crippen LogP contribution in [0.1, 0.15) is 54.4 Å². The highest BCUT2D eigenvalue weighted by Crippen LogP contribution is 2.30. The molecule has 0 spiro atoms. The molecule has 3 N–H and O–H groups in total. The summed E-state index contributed by atoms with van der Waals surface area (Å²) < 4.78 is 3.87. The molecule has 0 unspecified atom stereocenters. The molecule has 0 bridgehead atoms. The topological polar surface area (TPSA) is 80.9 Å². The van der Waals surface area contributed by atoms with E-state index in [0.717, 1.165) is 55.8 Å². The predicted octanol–water partition coefficient (Wildman–Crippen LogP) is 1.82. The Hall–Kier alpha value is -1.08. The van der Waals surface area contributed by atoms with Crippen molar-refractivity contribution < 1.29 is 4.79 Å². The molecule has 1 aromatic rings. The van der Waals surface area contributed by atoms with Crippen LogP contribution in [0.25, 0.3) is 0 Å². The largest absolute Gasteiger partial charge is 0.391 e. The maximum Gasteiger partial charge on any atom is 0.265 e. The van der Waals surface area contributed by atoms with Gasteiger partial charge in [0.1, 0.15) is 4.88 Å². The molecule has 0 aromatic carbocycles. The van der Waals surface area contributed by atoms with E-state index in [4.69, 9.17) is 18.0 Å². The van der Waals surface area contributed by atoms with Crippen molar-refractivity contribution in [2.24, 2.45) is 5.73 Å². The third kappa shape index (κ3) is 2.92. The number of nitrogens with two attached hydrogens (primary N) is 1. The molecule has 1 heterocycles. The van der Waals surface area contributed by atoms with Gasteiger partial charge < -0.3 is 11.1 Å². The number of aromatic nitrogens is 2. The van der Waals surface area contributed by atoms with E-state index in [2.05, 4.69) is 21.8 Å². The molecule has 0 radical (unpaired) electrons. The van der Waals surface area contributed by atoms with Crippen molar-refractivity contribution in [3.05, 3.63) is 10.6 Å². The van der Waals surface area contributed by atoms with Crippen LogP contribution in [0.2, 0.25) is 0 Å². The maximum atomic E-state index is 12.4. The van der Waals surface area contributed by atoms with Crippen molar-refractivity contribution in [2.45, 2.75) is 51.0 Å². The Morgan fingerprint density at radius 1 is 1.53 bits per heavy atom. The van der Waals surface area contributed by atoms with Gasteiger partial charge in [0.15, 0.2) is 0 Å². The third-order valence-corrected chi connectivity index (χ3v) is 4.69. The second-order valence-electron chi connectivity index (χ2n) is 4.91. The highest BCUT2D eigenvalue weighted by Gasteiger charge is 2.39. The van der Waals surface area contributed by atoms with E-state index in [1.165, 1.54) is 0 Å². The first-order valence-corrected chi connectivity index (χ1v) is 7.71. The minimum atomic E-state index is -0.514. The second-order valence-corrected chi connectivity index (χ2v) is 6.10. The third-order valence-electron chi connectivity index (χ3n) is 3.53. The summed E-state index contributed by atoms with van der Waals surface area (Å²) in [6.45, 7) is 2.05. The first kappa shape index (κ1) is 14.3. The molecule has 0 aliphatic heterocycles. The van der Waals surface area contributed by atoms with Crippen LogP contribution in [0.3, 0.4) is 0 Å². The van der Waals surface area contributed by atoms with Crippen molar-refractivity contribution in [2.75, 3.05) is 0 Å². The maximum absolute atomic E-state index is 12.4. The number of nitrogens with one attached hydrogen (secondary N) is 1. The molecule has 19 heavy (non-hydrogen) atoms. The molecule has 1 aliphatic carbocycles. The van der Waals surface area contributed by atoms with Crippen LogP contribution in [0.15, 0.2) is 0 Å². The average Bonchev–Trinajstić information content (AvgIpc) is 2.99. The summed E-state index contributed by atoms with van der Waals surface area (Å²) in [4.78, 5) is 13.3. The fraction of sp³-hybridized carbons (Fsp3) is 0.667. The van der Waals surface area contributed by atoms with Gasteiger partial charge in [-0.05, 0) is 30.8 Å². The van der Waals surface area contributed by atoms with Crippen LogP contribution in [0.4, 0.5) is 0 Å². The zero-order chi connectivity index (χ0) is 13.9. The molecule has 1 fully saturated rings. The van der Waals surface area contributed by atoms with Crippen LogP contribution in [-0.2, 0) is 6.42 Å². The lowest BCUT2D eigenvalue weighted by Gasteiger charge is -2.28. The van der Waals surface area contributed by atoms with Gasteiger partial charge in [-0.15, -0.1) is 5.10 Å². The van der Waals surface area contributed by atoms with Crippen LogP contribution in [0.5, 0.6) is 0 Å². The van der Waals surface area contributed by atoms with Gasteiger partial charge in [-0.25, -0.2) is 0 Å². The number of carbonyl (C=O) groups excluding carboxylic acids is 1. The molecule has 5 nitrogen and oxygen atoms in total. The van der Waals surface area contributed by atoms with Gasteiger partial charge in [0.2, 0.25) is 0 Å². The standard InChI is InChI=1S/C12H18N4OS2/c1-2-5-8-9(19-16-15-8)10(17)14-12(11(13)18)6-3-4-7-12/h2-7H2,1H3,(H2,13,18)(H,14,17). The van der Waals surface area contributed by atoms with Crippen molar-refractivity contribution in [1.82, 2.24) is 14.9 Å². The summed E-state index contributed by atoms with van der Waals surface area (Å²) in [7, 11) is 0. The van der Waals surface area contributed by atoms with Gasteiger partial charge in [0.05, 0.1) is 16.2 Å². The molecule has 1 saturated carbocycles. The Morgan fingerprint density at radius 3 is 2.79 bits per heavy atom. The van der Waals surface area contributed by atoms with Crippen LogP contribution < -0.4 is 11.1 Å². The average molecular weight is 298 g/mol. The number of thiocarbonyl (C=S) groups is 1. The fourth-order valence-corrected chi connectivity index (χ4v) is 3.33. The molecule has 0 saturated heterocycles. The Labute approximate surface area is 122 Å². The van der Waals surface area contributed by atoms with Crippen LogP contribution in [-0.4, -0.2) is 26.0 Å². The molecule has 1 amide bonds. The highest BCUT2D eigenvalue weighted by atomic mass is 32.1. The number of rotatable bonds is 5. The number of aryl methyl sites for hydroxylation is 1. The Kier molecular flexibility index (Phi) is 4.46. The summed E-state index contributed by atoms with van der Waals surface area (Å²) >= 11 is 6.27. The van der Waals surface area contributed by atoms with E-state index < -0.39 is 5.54 Å². The first-order chi connectivity index (χ1) is 9.09. The zero-order valence-electron chi connectivity index (χ0n) is 10.9. The molecule has 1 aliphatic rings. The lowest BCUT2D eigenvalue weighted by atomic mass is 9.97. The quantitative estimate of drug-likeness (QED) is 0.810. The Morgan fingerprint density at radius 2 is 2.21 bits per heavy atom. The van der Waals surface area contributed by atoms with Gasteiger partial charge in [0.25, 0.3) is 5.91 Å². The van der Waals surface area contributed by atoms with E-state index in [0.29, 0.717) is 9.87 Å². The van der Waals surface area contributed by atoms with E-state index in [9.17, 15) is 4.79 Å². The number of hydrogen-bond donors (Lipinski definition) is 2. The monoisotopic (exact) mass is 298 g/mol. The van der Waals surface area contributed by atoms with Gasteiger partial charge in [0, 0.05) is 0 Å². The minimum absolute atomic E-state index is 0.145. The summed E-state index contributed by atoms with van der Waals surface area (Å²) in [5.74, 6) is -0.145. The summed E-state index contributed by atoms with van der Waals surface area (Å²) in [6, 6.07) is 0. The molecule has 0 atom stereocenters. The molecule has 1 aromatic heterocycles. The lowest BCUT2D eigenvalue weighted by Crippen LogP contribution is -2.54. The second kappa shape index (κ2) is 5.92. The summed E-state index contributed by atoms with van der Waals surface area (Å²) in [5, 5.41) is 7.03. The van der Waals surface area contributed by atoms with Crippen molar-refractivity contribution in [1.29, 1.82) is 0 Å². The Bertz CT molecular complexity index is 480. The molecular weight excluding hydrogens is 280 g/mol. The SMILES string of the molecule is CCCc1nnsc1C(=O)NC1(C(N)=S)CCCC1. The zero-order valence-corrected chi connectivity index (χ0v) is 12.6. The van der Waals surface area contributed by atoms with Gasteiger partial charge in [-0.2, -0.15) is 0 Å². The van der Waals surface area contributed by atoms with Gasteiger partial charge >= 0.3 is 0 Å². The predicted molar refractivity (Wildman–Crippen MR) is 79.4 cm³/mol. The van der Waals surface area contributed by atoms with Crippen molar-refractivity contribution in [3.63, 3.8) is 0 Å². The van der Waals surface area contributed by atoms with Crippen LogP contribution in [0, 0.1) is 0 Å². The Balaban J connectivity index is 2.15. The van der Waals surface area contributed by atoms with E-state index >= 15 is 0 Å². The van der Waals surface area contributed by atoms with E-state index in [1.54, 1.807) is 0 Å². The van der Waals surface area contributed by atoms with Gasteiger partial charge in [-0.3, -0.25) is 4.79 Å². The highest BCUT2D eigenvalue weighted by molar-refractivity contribution is 7.80. The van der Waals surface area contributed by atoms with Crippen LogP contribution >= 0.6 is 23.8 Å². The van der Waals surface area contributed by atoms with Crippen molar-refractivity contribution >= 4 is 34.6 Å². The molecule has 104 valence electrons. The smallest absolute Gasteiger partial charge is 0.265 e. The van der Waals surface area contributed by atoms with E-state index in [1.807, 2.05) is 0 Å². The molecule has 7 heteroatoms. The lowest BCUT2D eigenvalue weighted by molar-refractivity contribution is 0.0927. The minimum Gasteiger partial charge on any atom is -0.391 e. The number of carbonyl (C=O) groups is 1. The summed E-state index contributed by atoms with van der Waals surface area (Å²) in [5.41, 5.74) is 6.07. The van der Waals surface area contributed by atoms with Crippen molar-refractivity contribution in [3.8, 4) is 0 Å². The number of nitrogens with zero attached hydrogens (tertiary/aromatic N) is 2. The first-order valence-electron chi connectivity index (χ1n) is 6.52. The molecular formula is C12H18N4OS2. The fourth-order valence-electron chi connectivity index (χ4n) is 2.47.